The molecule has 0 spiro atoms. The molecule has 20 heavy (non-hydrogen) atoms. The summed E-state index contributed by atoms with van der Waals surface area (Å²) in [6.07, 6.45) is 2.59. The number of halogens is 1. The molecule has 106 valence electrons. The molecule has 1 saturated carbocycles. The van der Waals surface area contributed by atoms with Crippen molar-refractivity contribution in [3.8, 4) is 5.69 Å². The number of hydrogen-bond donors (Lipinski definition) is 1. The summed E-state index contributed by atoms with van der Waals surface area (Å²) >= 11 is 6.18. The summed E-state index contributed by atoms with van der Waals surface area (Å²) in [6.45, 7) is 7.13. The molecule has 1 aliphatic carbocycles. The highest BCUT2D eigenvalue weighted by atomic mass is 35.5. The normalized spacial score (nSPS) is 14.8. The number of aryl methyl sites for hydroxylation is 1. The van der Waals surface area contributed by atoms with Crippen molar-refractivity contribution in [1.82, 2.24) is 15.1 Å². The van der Waals surface area contributed by atoms with E-state index in [2.05, 4.69) is 30.3 Å². The van der Waals surface area contributed by atoms with Crippen LogP contribution >= 0.6 is 11.6 Å². The predicted octanol–water partition coefficient (Wildman–Crippen LogP) is 3.70. The lowest BCUT2D eigenvalue weighted by Gasteiger charge is -2.13. The molecule has 0 saturated heterocycles. The molecule has 1 aromatic heterocycles. The Morgan fingerprint density at radius 3 is 2.65 bits per heavy atom. The zero-order chi connectivity index (χ0) is 14.3. The van der Waals surface area contributed by atoms with E-state index >= 15 is 0 Å². The summed E-state index contributed by atoms with van der Waals surface area (Å²) < 4.78 is 2.01. The Bertz CT molecular complexity index is 641. The number of rotatable bonds is 4. The van der Waals surface area contributed by atoms with Crippen LogP contribution in [0.3, 0.4) is 0 Å². The lowest BCUT2D eigenvalue weighted by molar-refractivity contribution is 0.679. The van der Waals surface area contributed by atoms with Gasteiger partial charge in [0, 0.05) is 23.3 Å². The Hall–Kier alpha value is -1.32. The maximum Gasteiger partial charge on any atom is 0.0708 e. The van der Waals surface area contributed by atoms with Gasteiger partial charge >= 0.3 is 0 Å². The Labute approximate surface area is 124 Å². The molecule has 1 aromatic carbocycles. The topological polar surface area (TPSA) is 29.9 Å². The van der Waals surface area contributed by atoms with Crippen LogP contribution in [0.4, 0.5) is 0 Å². The minimum Gasteiger partial charge on any atom is -0.310 e. The first-order valence-electron chi connectivity index (χ1n) is 7.11. The van der Waals surface area contributed by atoms with Crippen LogP contribution in [0.2, 0.25) is 5.02 Å². The molecule has 3 nitrogen and oxygen atoms in total. The monoisotopic (exact) mass is 289 g/mol. The van der Waals surface area contributed by atoms with E-state index in [1.165, 1.54) is 29.7 Å². The van der Waals surface area contributed by atoms with E-state index in [4.69, 9.17) is 11.6 Å². The molecular formula is C16H20ClN3. The third-order valence-corrected chi connectivity index (χ3v) is 4.32. The van der Waals surface area contributed by atoms with Gasteiger partial charge < -0.3 is 5.32 Å². The van der Waals surface area contributed by atoms with Gasteiger partial charge in [0.1, 0.15) is 0 Å². The van der Waals surface area contributed by atoms with Gasteiger partial charge in [0.2, 0.25) is 0 Å². The van der Waals surface area contributed by atoms with E-state index in [0.717, 1.165) is 22.9 Å². The first kappa shape index (κ1) is 13.7. The van der Waals surface area contributed by atoms with Crippen LogP contribution in [0, 0.1) is 20.8 Å². The maximum atomic E-state index is 6.18. The summed E-state index contributed by atoms with van der Waals surface area (Å²) in [6, 6.07) is 6.75. The molecule has 0 bridgehead atoms. The third-order valence-electron chi connectivity index (χ3n) is 4.09. The highest BCUT2D eigenvalue weighted by Crippen LogP contribution is 2.25. The van der Waals surface area contributed by atoms with Gasteiger partial charge in [0.15, 0.2) is 0 Å². The van der Waals surface area contributed by atoms with Crippen molar-refractivity contribution in [2.45, 2.75) is 46.2 Å². The van der Waals surface area contributed by atoms with E-state index in [0.29, 0.717) is 6.04 Å². The van der Waals surface area contributed by atoms with Crippen LogP contribution in [-0.4, -0.2) is 15.8 Å². The van der Waals surface area contributed by atoms with Crippen LogP contribution in [0.15, 0.2) is 18.2 Å². The minimum atomic E-state index is 0.695. The zero-order valence-corrected chi connectivity index (χ0v) is 13.0. The SMILES string of the molecule is Cc1nn(-c2cc(Cl)ccc2CNC2CC2)c(C)c1C. The fourth-order valence-electron chi connectivity index (χ4n) is 2.38. The zero-order valence-electron chi connectivity index (χ0n) is 12.2. The van der Waals surface area contributed by atoms with Crippen molar-refractivity contribution in [2.24, 2.45) is 0 Å². The second-order valence-corrected chi connectivity index (χ2v) is 6.07. The van der Waals surface area contributed by atoms with E-state index in [1.807, 2.05) is 23.7 Å². The lowest BCUT2D eigenvalue weighted by atomic mass is 10.1. The number of hydrogen-bond acceptors (Lipinski definition) is 2. The van der Waals surface area contributed by atoms with Gasteiger partial charge in [-0.15, -0.1) is 0 Å². The quantitative estimate of drug-likeness (QED) is 0.930. The highest BCUT2D eigenvalue weighted by Gasteiger charge is 2.21. The molecule has 0 atom stereocenters. The fraction of sp³-hybridized carbons (Fsp3) is 0.438. The van der Waals surface area contributed by atoms with Crippen molar-refractivity contribution >= 4 is 11.6 Å². The van der Waals surface area contributed by atoms with Crippen LogP contribution in [-0.2, 0) is 6.54 Å². The van der Waals surface area contributed by atoms with Crippen LogP contribution in [0.1, 0.15) is 35.4 Å². The maximum absolute atomic E-state index is 6.18. The van der Waals surface area contributed by atoms with Gasteiger partial charge in [-0.05, 0) is 56.9 Å². The van der Waals surface area contributed by atoms with Crippen molar-refractivity contribution < 1.29 is 0 Å². The van der Waals surface area contributed by atoms with Crippen molar-refractivity contribution in [3.63, 3.8) is 0 Å². The summed E-state index contributed by atoms with van der Waals surface area (Å²) in [5.74, 6) is 0. The number of benzene rings is 1. The van der Waals surface area contributed by atoms with Crippen molar-refractivity contribution in [3.05, 3.63) is 45.7 Å². The van der Waals surface area contributed by atoms with Crippen LogP contribution < -0.4 is 5.32 Å². The van der Waals surface area contributed by atoms with Crippen LogP contribution in [0.5, 0.6) is 0 Å². The molecule has 0 aliphatic heterocycles. The second-order valence-electron chi connectivity index (χ2n) is 5.64. The molecule has 1 aliphatic rings. The molecule has 1 heterocycles. The first-order valence-corrected chi connectivity index (χ1v) is 7.49. The molecule has 2 aromatic rings. The Morgan fingerprint density at radius 2 is 2.05 bits per heavy atom. The Morgan fingerprint density at radius 1 is 1.30 bits per heavy atom. The van der Waals surface area contributed by atoms with E-state index < -0.39 is 0 Å². The lowest BCUT2D eigenvalue weighted by Crippen LogP contribution is -2.17. The largest absolute Gasteiger partial charge is 0.310 e. The van der Waals surface area contributed by atoms with Crippen molar-refractivity contribution in [2.75, 3.05) is 0 Å². The smallest absolute Gasteiger partial charge is 0.0708 e. The highest BCUT2D eigenvalue weighted by molar-refractivity contribution is 6.30. The van der Waals surface area contributed by atoms with Gasteiger partial charge in [-0.2, -0.15) is 5.10 Å². The molecule has 0 amide bonds. The Kier molecular flexibility index (Phi) is 3.57. The molecule has 4 heteroatoms. The predicted molar refractivity (Wildman–Crippen MR) is 82.6 cm³/mol. The van der Waals surface area contributed by atoms with E-state index in [-0.39, 0.29) is 0 Å². The van der Waals surface area contributed by atoms with Gasteiger partial charge in [0.25, 0.3) is 0 Å². The average molecular weight is 290 g/mol. The standard InChI is InChI=1S/C16H20ClN3/c1-10-11(2)19-20(12(10)3)16-8-14(17)5-4-13(16)9-18-15-6-7-15/h4-5,8,15,18H,6-7,9H2,1-3H3. The molecule has 0 radical (unpaired) electrons. The number of nitrogens with one attached hydrogen (secondary N) is 1. The summed E-state index contributed by atoms with van der Waals surface area (Å²) in [5.41, 5.74) is 5.82. The first-order chi connectivity index (χ1) is 9.56. The number of nitrogens with zero attached hydrogens (tertiary/aromatic N) is 2. The minimum absolute atomic E-state index is 0.695. The third kappa shape index (κ3) is 2.60. The summed E-state index contributed by atoms with van der Waals surface area (Å²) in [7, 11) is 0. The fourth-order valence-corrected chi connectivity index (χ4v) is 2.55. The molecule has 1 fully saturated rings. The molecular weight excluding hydrogens is 270 g/mol. The van der Waals surface area contributed by atoms with Gasteiger partial charge in [0.05, 0.1) is 11.4 Å². The molecule has 1 N–H and O–H groups in total. The second kappa shape index (κ2) is 5.23. The average Bonchev–Trinajstić information content (AvgIpc) is 3.21. The summed E-state index contributed by atoms with van der Waals surface area (Å²) in [5, 5.41) is 8.96. The summed E-state index contributed by atoms with van der Waals surface area (Å²) in [4.78, 5) is 0. The number of aromatic nitrogens is 2. The van der Waals surface area contributed by atoms with Gasteiger partial charge in [-0.1, -0.05) is 17.7 Å². The Balaban J connectivity index is 2.00. The molecule has 0 unspecified atom stereocenters. The molecule has 3 rings (SSSR count). The van der Waals surface area contributed by atoms with Gasteiger partial charge in [-0.25, -0.2) is 4.68 Å². The van der Waals surface area contributed by atoms with E-state index in [9.17, 15) is 0 Å². The van der Waals surface area contributed by atoms with E-state index in [1.54, 1.807) is 0 Å². The van der Waals surface area contributed by atoms with Gasteiger partial charge in [-0.3, -0.25) is 0 Å². The van der Waals surface area contributed by atoms with Crippen LogP contribution in [0.25, 0.3) is 5.69 Å². The van der Waals surface area contributed by atoms with Crippen molar-refractivity contribution in [1.29, 1.82) is 0 Å².